The van der Waals surface area contributed by atoms with Gasteiger partial charge in [-0.25, -0.2) is 19.2 Å². The average molecular weight is 377 g/mol. The summed E-state index contributed by atoms with van der Waals surface area (Å²) >= 11 is 0. The Morgan fingerprint density at radius 1 is 1.21 bits per heavy atom. The lowest BCUT2D eigenvalue weighted by Crippen LogP contribution is -2.05. The summed E-state index contributed by atoms with van der Waals surface area (Å²) in [5.41, 5.74) is 2.63. The number of carboxylic acid groups (broad SMARTS) is 1. The smallest absolute Gasteiger partial charge is 0.337 e. The van der Waals surface area contributed by atoms with Crippen molar-refractivity contribution in [2.45, 2.75) is 6.54 Å². The molecule has 0 amide bonds. The molecule has 0 spiro atoms. The zero-order valence-corrected chi connectivity index (χ0v) is 14.9. The molecule has 4 aromatic rings. The van der Waals surface area contributed by atoms with Gasteiger partial charge in [0, 0.05) is 30.7 Å². The monoisotopic (exact) mass is 377 g/mol. The highest BCUT2D eigenvalue weighted by atomic mass is 19.1. The van der Waals surface area contributed by atoms with Gasteiger partial charge in [-0.1, -0.05) is 12.1 Å². The molecule has 2 N–H and O–H groups in total. The number of anilines is 1. The molecule has 2 aromatic carbocycles. The fraction of sp³-hybridized carbons (Fsp3) is 0.100. The van der Waals surface area contributed by atoms with E-state index in [1.165, 1.54) is 18.5 Å². The van der Waals surface area contributed by atoms with Crippen molar-refractivity contribution in [3.8, 4) is 11.1 Å². The van der Waals surface area contributed by atoms with E-state index in [0.29, 0.717) is 28.8 Å². The van der Waals surface area contributed by atoms with Crippen molar-refractivity contribution in [2.24, 2.45) is 7.05 Å². The number of benzene rings is 2. The Hall–Kier alpha value is -3.81. The van der Waals surface area contributed by atoms with Gasteiger partial charge in [-0.05, 0) is 35.4 Å². The first-order valence-electron chi connectivity index (χ1n) is 8.50. The summed E-state index contributed by atoms with van der Waals surface area (Å²) in [4.78, 5) is 20.2. The summed E-state index contributed by atoms with van der Waals surface area (Å²) < 4.78 is 15.0. The van der Waals surface area contributed by atoms with E-state index in [1.807, 2.05) is 6.07 Å². The van der Waals surface area contributed by atoms with Crippen LogP contribution in [-0.4, -0.2) is 30.8 Å². The lowest BCUT2D eigenvalue weighted by molar-refractivity contribution is 0.0699. The minimum Gasteiger partial charge on any atom is -0.478 e. The topological polar surface area (TPSA) is 92.9 Å². The van der Waals surface area contributed by atoms with E-state index in [2.05, 4.69) is 20.4 Å². The molecular weight excluding hydrogens is 361 g/mol. The predicted octanol–water partition coefficient (Wildman–Crippen LogP) is 3.48. The van der Waals surface area contributed by atoms with Crippen molar-refractivity contribution in [2.75, 3.05) is 5.32 Å². The molecule has 0 unspecified atom stereocenters. The van der Waals surface area contributed by atoms with Gasteiger partial charge in [0.1, 0.15) is 18.0 Å². The second-order valence-electron chi connectivity index (χ2n) is 6.33. The van der Waals surface area contributed by atoms with Crippen LogP contribution in [0.25, 0.3) is 22.0 Å². The molecule has 0 radical (unpaired) electrons. The molecule has 140 valence electrons. The maximum Gasteiger partial charge on any atom is 0.337 e. The molecule has 8 heteroatoms. The predicted molar refractivity (Wildman–Crippen MR) is 102 cm³/mol. The van der Waals surface area contributed by atoms with Crippen molar-refractivity contribution in [3.05, 3.63) is 72.1 Å². The molecule has 0 aliphatic heterocycles. The van der Waals surface area contributed by atoms with Crippen LogP contribution >= 0.6 is 0 Å². The molecule has 0 saturated heterocycles. The molecule has 2 aromatic heterocycles. The van der Waals surface area contributed by atoms with Gasteiger partial charge in [-0.3, -0.25) is 4.68 Å². The fourth-order valence-electron chi connectivity index (χ4n) is 3.04. The first-order chi connectivity index (χ1) is 13.5. The number of aromatic nitrogens is 4. The summed E-state index contributed by atoms with van der Waals surface area (Å²) in [6, 6.07) is 9.64. The molecule has 0 atom stereocenters. The van der Waals surface area contributed by atoms with Gasteiger partial charge in [0.15, 0.2) is 0 Å². The number of nitrogens with zero attached hydrogens (tertiary/aromatic N) is 4. The maximum atomic E-state index is 13.4. The van der Waals surface area contributed by atoms with Gasteiger partial charge < -0.3 is 10.4 Å². The Bertz CT molecular complexity index is 1190. The lowest BCUT2D eigenvalue weighted by atomic mass is 10.0. The van der Waals surface area contributed by atoms with Crippen LogP contribution in [0.2, 0.25) is 0 Å². The van der Waals surface area contributed by atoms with Gasteiger partial charge in [-0.2, -0.15) is 5.10 Å². The van der Waals surface area contributed by atoms with Crippen molar-refractivity contribution in [1.29, 1.82) is 0 Å². The summed E-state index contributed by atoms with van der Waals surface area (Å²) in [6.07, 6.45) is 4.78. The molecule has 0 aliphatic rings. The summed E-state index contributed by atoms with van der Waals surface area (Å²) in [7, 11) is 1.79. The van der Waals surface area contributed by atoms with E-state index in [9.17, 15) is 14.3 Å². The molecule has 28 heavy (non-hydrogen) atoms. The Labute approximate surface area is 159 Å². The second kappa shape index (κ2) is 7.07. The second-order valence-corrected chi connectivity index (χ2v) is 6.33. The molecule has 2 heterocycles. The van der Waals surface area contributed by atoms with Gasteiger partial charge in [-0.15, -0.1) is 0 Å². The molecular formula is C20H16FN5O2. The van der Waals surface area contributed by atoms with Crippen LogP contribution in [0.5, 0.6) is 0 Å². The average Bonchev–Trinajstić information content (AvgIpc) is 3.12. The van der Waals surface area contributed by atoms with Gasteiger partial charge in [0.25, 0.3) is 0 Å². The third-order valence-corrected chi connectivity index (χ3v) is 4.36. The molecule has 0 saturated carbocycles. The minimum atomic E-state index is -1.08. The molecule has 7 nitrogen and oxygen atoms in total. The number of aryl methyl sites for hydroxylation is 1. The van der Waals surface area contributed by atoms with E-state index in [4.69, 9.17) is 0 Å². The van der Waals surface area contributed by atoms with Crippen LogP contribution in [0.1, 0.15) is 15.9 Å². The zero-order chi connectivity index (χ0) is 19.7. The first-order valence-corrected chi connectivity index (χ1v) is 8.50. The van der Waals surface area contributed by atoms with Crippen LogP contribution in [0.15, 0.2) is 55.1 Å². The van der Waals surface area contributed by atoms with Gasteiger partial charge >= 0.3 is 5.97 Å². The molecule has 4 rings (SSSR count). The highest BCUT2D eigenvalue weighted by molar-refractivity contribution is 6.06. The van der Waals surface area contributed by atoms with E-state index in [0.717, 1.165) is 11.1 Å². The quantitative estimate of drug-likeness (QED) is 0.553. The summed E-state index contributed by atoms with van der Waals surface area (Å²) in [5.74, 6) is -0.924. The standard InChI is InChI=1S/C20H16FN5O2/c1-26-10-14(9-25-26)13-6-16-18(17(7-13)20(27)28)23-11-24-19(16)22-8-12-3-2-4-15(21)5-12/h2-7,9-11H,8H2,1H3,(H,27,28)(H,22,23,24). The number of fused-ring (bicyclic) bond motifs is 1. The van der Waals surface area contributed by atoms with Crippen molar-refractivity contribution < 1.29 is 14.3 Å². The minimum absolute atomic E-state index is 0.0764. The maximum absolute atomic E-state index is 13.4. The third-order valence-electron chi connectivity index (χ3n) is 4.36. The van der Waals surface area contributed by atoms with Gasteiger partial charge in [0.05, 0.1) is 17.3 Å². The third kappa shape index (κ3) is 3.39. The molecule has 0 bridgehead atoms. The van der Waals surface area contributed by atoms with Crippen LogP contribution in [0.3, 0.4) is 0 Å². The van der Waals surface area contributed by atoms with E-state index >= 15 is 0 Å². The summed E-state index contributed by atoms with van der Waals surface area (Å²) in [6.45, 7) is 0.337. The zero-order valence-electron chi connectivity index (χ0n) is 14.9. The number of hydrogen-bond donors (Lipinski definition) is 2. The first kappa shape index (κ1) is 17.6. The Morgan fingerprint density at radius 3 is 2.79 bits per heavy atom. The summed E-state index contributed by atoms with van der Waals surface area (Å²) in [5, 5.41) is 17.5. The fourth-order valence-corrected chi connectivity index (χ4v) is 3.04. The SMILES string of the molecule is Cn1cc(-c2cc(C(=O)O)c3ncnc(NCc4cccc(F)c4)c3c2)cn1. The lowest BCUT2D eigenvalue weighted by Gasteiger charge is -2.11. The molecule has 0 aliphatic carbocycles. The number of nitrogens with one attached hydrogen (secondary N) is 1. The highest BCUT2D eigenvalue weighted by Gasteiger charge is 2.16. The Balaban J connectivity index is 1.80. The normalized spacial score (nSPS) is 10.9. The van der Waals surface area contributed by atoms with Crippen molar-refractivity contribution in [1.82, 2.24) is 19.7 Å². The van der Waals surface area contributed by atoms with Crippen LogP contribution in [-0.2, 0) is 13.6 Å². The van der Waals surface area contributed by atoms with E-state index in [-0.39, 0.29) is 11.4 Å². The van der Waals surface area contributed by atoms with Crippen LogP contribution in [0, 0.1) is 5.82 Å². The van der Waals surface area contributed by atoms with Crippen molar-refractivity contribution >= 4 is 22.7 Å². The number of hydrogen-bond acceptors (Lipinski definition) is 5. The molecule has 0 fully saturated rings. The number of rotatable bonds is 5. The van der Waals surface area contributed by atoms with Gasteiger partial charge in [0.2, 0.25) is 0 Å². The van der Waals surface area contributed by atoms with Crippen molar-refractivity contribution in [3.63, 3.8) is 0 Å². The van der Waals surface area contributed by atoms with Crippen LogP contribution in [0.4, 0.5) is 10.2 Å². The highest BCUT2D eigenvalue weighted by Crippen LogP contribution is 2.30. The Morgan fingerprint density at radius 2 is 2.07 bits per heavy atom. The number of carbonyl (C=O) groups is 1. The number of aromatic carboxylic acids is 1. The number of halogens is 1. The van der Waals surface area contributed by atoms with E-state index < -0.39 is 5.97 Å². The largest absolute Gasteiger partial charge is 0.478 e. The Kier molecular flexibility index (Phi) is 4.44. The van der Waals surface area contributed by atoms with E-state index in [1.54, 1.807) is 42.3 Å². The number of carboxylic acids is 1. The van der Waals surface area contributed by atoms with Crippen LogP contribution < -0.4 is 5.32 Å².